The second-order valence-electron chi connectivity index (χ2n) is 19.1. The number of rotatable bonds is 35. The molecule has 5 aromatic heterocycles. The summed E-state index contributed by atoms with van der Waals surface area (Å²) in [7, 11) is 0. The van der Waals surface area contributed by atoms with Crippen LogP contribution in [-0.4, -0.2) is 209 Å². The van der Waals surface area contributed by atoms with E-state index in [0.717, 1.165) is 30.3 Å². The molecule has 0 saturated carbocycles. The number of hydrogen-bond acceptors (Lipinski definition) is 20. The van der Waals surface area contributed by atoms with Crippen molar-refractivity contribution in [1.82, 2.24) is 70.3 Å². The lowest BCUT2D eigenvalue weighted by Gasteiger charge is -2.32. The fourth-order valence-electron chi connectivity index (χ4n) is 8.48. The molecule has 0 aromatic carbocycles. The molecule has 0 spiro atoms. The van der Waals surface area contributed by atoms with Crippen LogP contribution in [0.5, 0.6) is 0 Å². The third kappa shape index (κ3) is 20.7. The van der Waals surface area contributed by atoms with Gasteiger partial charge in [-0.2, -0.15) is 0 Å². The predicted octanol–water partition coefficient (Wildman–Crippen LogP) is -3.05. The summed E-state index contributed by atoms with van der Waals surface area (Å²) in [5.74, 6) is -5.46. The van der Waals surface area contributed by atoms with Crippen LogP contribution in [0.2, 0.25) is 0 Å². The average molecular weight is 1190 g/mol. The molecular formula is C53H68N14O18. The summed E-state index contributed by atoms with van der Waals surface area (Å²) in [5, 5.41) is 76.6. The first kappa shape index (κ1) is 65.7. The number of carboxylic acids is 1. The number of pyridine rings is 5. The van der Waals surface area contributed by atoms with Crippen molar-refractivity contribution < 1.29 is 64.7 Å². The SMILES string of the molecule is O=C(O)CCCC(=O)NCCCCC(CN(CCNC(=O)c1cccc(=O)n1O)CCN(CCNC(=O)c1cccc(=O)n1O)CCN(CCNC(=O)c1cccc(=O)n1O)CCNC(=O)c1cccc(=O)n1O)NC(=O)c1cccc(=O)n1O. The molecule has 1 atom stereocenters. The number of amides is 6. The maximum atomic E-state index is 13.8. The van der Waals surface area contributed by atoms with Crippen LogP contribution in [0.25, 0.3) is 0 Å². The molecule has 0 aliphatic carbocycles. The molecule has 458 valence electrons. The second kappa shape index (κ2) is 33.1. The molecule has 6 amide bonds. The third-order valence-corrected chi connectivity index (χ3v) is 13.0. The van der Waals surface area contributed by atoms with E-state index < -0.39 is 75.0 Å². The van der Waals surface area contributed by atoms with Crippen molar-refractivity contribution in [3.63, 3.8) is 0 Å². The zero-order valence-corrected chi connectivity index (χ0v) is 46.0. The Morgan fingerprint density at radius 2 is 0.694 bits per heavy atom. The van der Waals surface area contributed by atoms with Gasteiger partial charge in [-0.15, -0.1) is 23.7 Å². The molecule has 85 heavy (non-hydrogen) atoms. The summed E-state index contributed by atoms with van der Waals surface area (Å²) in [6.45, 7) is 0.741. The number of nitrogens with zero attached hydrogens (tertiary/aromatic N) is 8. The lowest BCUT2D eigenvalue weighted by atomic mass is 10.1. The molecule has 0 radical (unpaired) electrons. The monoisotopic (exact) mass is 1190 g/mol. The molecule has 5 rings (SSSR count). The van der Waals surface area contributed by atoms with Crippen LogP contribution in [0, 0.1) is 0 Å². The van der Waals surface area contributed by atoms with Crippen molar-refractivity contribution in [3.8, 4) is 0 Å². The van der Waals surface area contributed by atoms with E-state index in [1.54, 1.807) is 4.90 Å². The third-order valence-electron chi connectivity index (χ3n) is 13.0. The Kier molecular flexibility index (Phi) is 25.6. The number of aromatic nitrogens is 5. The Labute approximate surface area is 482 Å². The van der Waals surface area contributed by atoms with Crippen LogP contribution in [-0.2, 0) is 9.59 Å². The van der Waals surface area contributed by atoms with Gasteiger partial charge in [0.05, 0.1) is 0 Å². The second-order valence-corrected chi connectivity index (χ2v) is 19.1. The summed E-state index contributed by atoms with van der Waals surface area (Å²) in [4.78, 5) is 156. The van der Waals surface area contributed by atoms with Gasteiger partial charge < -0.3 is 63.0 Å². The number of aliphatic carboxylic acids is 1. The van der Waals surface area contributed by atoms with Gasteiger partial charge in [0.25, 0.3) is 57.3 Å². The minimum absolute atomic E-state index is 0.0107. The standard InChI is InChI=1S/C53H68N14O18/c68-42(15-8-21-48(74)75)54-22-2-1-9-36(59-53(80)41-14-7-20-47(73)67(41)85)35-62(30-26-58-52(79)40-13-6-19-46(72)66(40)84)34-33-61(29-25-57-51(78)39-12-5-18-45(71)65(39)83)32-31-60(27-23-55-49(76)37-10-3-16-43(69)63(37)81)28-24-56-50(77)38-11-4-17-44(70)64(38)82/h3-7,10-14,16-20,36,81-85H,1-2,8-9,15,21-35H2,(H,54,68)(H,55,76)(H,56,77)(H,57,78)(H,58,79)(H,59,80)(H,74,75). The molecule has 32 heteroatoms. The van der Waals surface area contributed by atoms with Gasteiger partial charge in [-0.05, 0) is 56.0 Å². The van der Waals surface area contributed by atoms with Crippen molar-refractivity contribution in [1.29, 1.82) is 0 Å². The van der Waals surface area contributed by atoms with Crippen LogP contribution in [0.3, 0.4) is 0 Å². The van der Waals surface area contributed by atoms with Crippen molar-refractivity contribution in [2.24, 2.45) is 0 Å². The number of hydrogen-bond donors (Lipinski definition) is 12. The predicted molar refractivity (Wildman–Crippen MR) is 298 cm³/mol. The van der Waals surface area contributed by atoms with Crippen molar-refractivity contribution >= 4 is 41.4 Å². The van der Waals surface area contributed by atoms with Gasteiger partial charge >= 0.3 is 5.97 Å². The fourth-order valence-corrected chi connectivity index (χ4v) is 8.48. The summed E-state index contributed by atoms with van der Waals surface area (Å²) >= 11 is 0. The Morgan fingerprint density at radius 1 is 0.376 bits per heavy atom. The Morgan fingerprint density at radius 3 is 1.05 bits per heavy atom. The molecule has 12 N–H and O–H groups in total. The van der Waals surface area contributed by atoms with E-state index in [2.05, 4.69) is 31.9 Å². The summed E-state index contributed by atoms with van der Waals surface area (Å²) in [6.07, 6.45) is 0.954. The highest BCUT2D eigenvalue weighted by molar-refractivity contribution is 5.94. The van der Waals surface area contributed by atoms with Gasteiger partial charge in [0, 0.05) is 141 Å². The first-order valence-corrected chi connectivity index (χ1v) is 26.8. The van der Waals surface area contributed by atoms with Crippen LogP contribution in [0.1, 0.15) is 91.0 Å². The minimum Gasteiger partial charge on any atom is -0.481 e. The summed E-state index contributed by atoms with van der Waals surface area (Å²) < 4.78 is 0.892. The highest BCUT2D eigenvalue weighted by atomic mass is 16.5. The van der Waals surface area contributed by atoms with Gasteiger partial charge in [0.1, 0.15) is 28.5 Å². The topological polar surface area (TPSA) is 433 Å². The first-order chi connectivity index (χ1) is 40.6. The molecule has 5 aromatic rings. The zero-order chi connectivity index (χ0) is 62.0. The van der Waals surface area contributed by atoms with E-state index in [4.69, 9.17) is 5.11 Å². The first-order valence-electron chi connectivity index (χ1n) is 26.8. The van der Waals surface area contributed by atoms with Crippen LogP contribution in [0.15, 0.2) is 115 Å². The summed E-state index contributed by atoms with van der Waals surface area (Å²) in [6, 6.07) is 17.0. The van der Waals surface area contributed by atoms with Gasteiger partial charge in [0.15, 0.2) is 0 Å². The normalized spacial score (nSPS) is 11.5. The Balaban J connectivity index is 1.42. The largest absolute Gasteiger partial charge is 0.481 e. The number of carbonyl (C=O) groups is 7. The van der Waals surface area contributed by atoms with E-state index in [0.29, 0.717) is 12.8 Å². The van der Waals surface area contributed by atoms with Gasteiger partial charge in [0.2, 0.25) is 5.91 Å². The van der Waals surface area contributed by atoms with Gasteiger partial charge in [-0.3, -0.25) is 72.2 Å². The quantitative estimate of drug-likeness (QED) is 0.0142. The van der Waals surface area contributed by atoms with E-state index in [1.807, 2.05) is 9.80 Å². The Hall–Kier alpha value is -10.1. The number of carbonyl (C=O) groups excluding carboxylic acids is 6. The molecule has 0 aliphatic rings. The smallest absolute Gasteiger partial charge is 0.303 e. The molecule has 0 aliphatic heterocycles. The maximum Gasteiger partial charge on any atom is 0.303 e. The highest BCUT2D eigenvalue weighted by Gasteiger charge is 2.23. The maximum absolute atomic E-state index is 13.8. The number of carboxylic acid groups (broad SMARTS) is 1. The van der Waals surface area contributed by atoms with Crippen molar-refractivity contribution in [3.05, 3.63) is 171 Å². The average Bonchev–Trinajstić information content (AvgIpc) is 3.66. The van der Waals surface area contributed by atoms with E-state index in [9.17, 15) is 83.6 Å². The van der Waals surface area contributed by atoms with Gasteiger partial charge in [-0.1, -0.05) is 30.3 Å². The van der Waals surface area contributed by atoms with E-state index in [1.165, 1.54) is 60.7 Å². The van der Waals surface area contributed by atoms with Crippen LogP contribution in [0.4, 0.5) is 0 Å². The highest BCUT2D eigenvalue weighted by Crippen LogP contribution is 2.08. The number of unbranched alkanes of at least 4 members (excludes halogenated alkanes) is 1. The van der Waals surface area contributed by atoms with Crippen LogP contribution >= 0.6 is 0 Å². The van der Waals surface area contributed by atoms with Crippen molar-refractivity contribution in [2.75, 3.05) is 91.6 Å². The molecule has 0 saturated heterocycles. The fraction of sp³-hybridized carbons (Fsp3) is 0.396. The lowest BCUT2D eigenvalue weighted by Crippen LogP contribution is -2.50. The summed E-state index contributed by atoms with van der Waals surface area (Å²) in [5.41, 5.74) is -6.16. The van der Waals surface area contributed by atoms with Gasteiger partial charge in [-0.25, -0.2) is 0 Å². The molecule has 5 heterocycles. The van der Waals surface area contributed by atoms with E-state index in [-0.39, 0.29) is 170 Å². The molecule has 0 fully saturated rings. The minimum atomic E-state index is -1.04. The molecule has 32 nitrogen and oxygen atoms in total. The zero-order valence-electron chi connectivity index (χ0n) is 46.0. The van der Waals surface area contributed by atoms with Crippen LogP contribution < -0.4 is 59.7 Å². The number of nitrogens with one attached hydrogen (secondary N) is 6. The molecule has 1 unspecified atom stereocenters. The van der Waals surface area contributed by atoms with E-state index >= 15 is 0 Å². The molecule has 0 bridgehead atoms. The Bertz CT molecular complexity index is 3370. The van der Waals surface area contributed by atoms with Crippen molar-refractivity contribution in [2.45, 2.75) is 44.6 Å². The molecular weight excluding hydrogens is 1120 g/mol. The lowest BCUT2D eigenvalue weighted by molar-refractivity contribution is -0.137.